The van der Waals surface area contributed by atoms with Gasteiger partial charge < -0.3 is 34.0 Å². The second kappa shape index (κ2) is 56.1. The predicted octanol–water partition coefficient (Wildman–Crippen LogP) is 17.7. The van der Waals surface area contributed by atoms with E-state index in [0.717, 1.165) is 96.3 Å². The smallest absolute Gasteiger partial charge is 0.268 e. The molecule has 3 N–H and O–H groups in total. The maximum atomic E-state index is 13.0. The zero-order valence-corrected chi connectivity index (χ0v) is 50.9. The summed E-state index contributed by atoms with van der Waals surface area (Å²) in [6, 6.07) is -1.10. The quantitative estimate of drug-likeness (QED) is 0.0239. The van der Waals surface area contributed by atoms with Crippen molar-refractivity contribution < 1.29 is 38.0 Å². The minimum absolute atomic E-state index is 0.0527. The average Bonchev–Trinajstić information content (AvgIpc) is 3.39. The third-order valence-corrected chi connectivity index (χ3v) is 14.2. The summed E-state index contributed by atoms with van der Waals surface area (Å²) in [7, 11) is 1.09. The minimum Gasteiger partial charge on any atom is -0.756 e. The van der Waals surface area contributed by atoms with Crippen LogP contribution in [0.25, 0.3) is 0 Å². The zero-order valence-electron chi connectivity index (χ0n) is 50.0. The van der Waals surface area contributed by atoms with Crippen LogP contribution in [0.5, 0.6) is 0 Å². The molecule has 0 rings (SSSR count). The molecule has 0 radical (unpaired) electrons. The fraction of sp³-hybridized carbons (Fsp3) is 0.687. The molecule has 4 unspecified atom stereocenters. The van der Waals surface area contributed by atoms with E-state index in [9.17, 15) is 24.5 Å². The molecule has 0 bridgehead atoms. The van der Waals surface area contributed by atoms with Gasteiger partial charge in [-0.1, -0.05) is 238 Å². The lowest BCUT2D eigenvalue weighted by atomic mass is 10.0. The Morgan fingerprint density at radius 2 is 0.831 bits per heavy atom. The molecular formula is C67H117N2O7P. The number of unbranched alkanes of at least 4 members (excludes halogenated alkanes) is 21. The number of hydrogen-bond acceptors (Lipinski definition) is 7. The highest BCUT2D eigenvalue weighted by atomic mass is 31.2. The van der Waals surface area contributed by atoms with E-state index in [-0.39, 0.29) is 18.9 Å². The van der Waals surface area contributed by atoms with E-state index in [1.807, 2.05) is 21.1 Å². The minimum atomic E-state index is -4.69. The molecule has 0 aromatic heterocycles. The first-order chi connectivity index (χ1) is 37.4. The number of aliphatic hydroxyl groups is 2. The number of phosphoric acid groups is 1. The van der Waals surface area contributed by atoms with Gasteiger partial charge in [0.25, 0.3) is 7.82 Å². The largest absolute Gasteiger partial charge is 0.756 e. The van der Waals surface area contributed by atoms with E-state index < -0.39 is 32.7 Å². The number of phosphoric ester groups is 1. The Labute approximate surface area is 474 Å². The molecule has 0 fully saturated rings. The summed E-state index contributed by atoms with van der Waals surface area (Å²) in [6.07, 6.45) is 80.1. The summed E-state index contributed by atoms with van der Waals surface area (Å²) in [6.45, 7) is 4.26. The number of allylic oxidation sites excluding steroid dienone is 20. The molecule has 0 aromatic carbocycles. The summed E-state index contributed by atoms with van der Waals surface area (Å²) < 4.78 is 23.2. The van der Waals surface area contributed by atoms with E-state index in [1.165, 1.54) is 103 Å². The Hall–Kier alpha value is -3.14. The Kier molecular flexibility index (Phi) is 53.9. The maximum Gasteiger partial charge on any atom is 0.268 e. The SMILES string of the molecule is CC/C=C\C/C=C\C/C=C\C/C=C\C/C=C\C/C=C\C/C=C\C/C=C\CCCCCCCCCCCCCCCCCCC(=O)NC(COP(=O)([O-])OCC[N+](C)(C)C)C(O)C(O)CCC/C=C/CC/C=C/CCCCC. The van der Waals surface area contributed by atoms with Gasteiger partial charge in [0.1, 0.15) is 19.3 Å². The number of aliphatic hydroxyl groups excluding tert-OH is 2. The first kappa shape index (κ1) is 73.9. The molecule has 0 heterocycles. The lowest BCUT2D eigenvalue weighted by Gasteiger charge is -2.31. The Balaban J connectivity index is 4.05. The third kappa shape index (κ3) is 57.4. The predicted molar refractivity (Wildman–Crippen MR) is 331 cm³/mol. The first-order valence-electron chi connectivity index (χ1n) is 31.0. The van der Waals surface area contributed by atoms with Crippen LogP contribution in [0.2, 0.25) is 0 Å². The van der Waals surface area contributed by atoms with E-state index in [1.54, 1.807) is 0 Å². The zero-order chi connectivity index (χ0) is 56.4. The molecular weight excluding hydrogens is 976 g/mol. The lowest BCUT2D eigenvalue weighted by molar-refractivity contribution is -0.870. The molecule has 0 aliphatic heterocycles. The molecule has 0 aromatic rings. The van der Waals surface area contributed by atoms with Gasteiger partial charge in [0, 0.05) is 6.42 Å². The van der Waals surface area contributed by atoms with Crippen LogP contribution in [0.4, 0.5) is 0 Å². The molecule has 0 saturated carbocycles. The van der Waals surface area contributed by atoms with Crippen molar-refractivity contribution in [2.45, 2.75) is 257 Å². The van der Waals surface area contributed by atoms with Gasteiger partial charge in [-0.15, -0.1) is 0 Å². The van der Waals surface area contributed by atoms with E-state index in [4.69, 9.17) is 9.05 Å². The normalized spacial score (nSPS) is 15.1. The number of hydrogen-bond donors (Lipinski definition) is 3. The Bertz CT molecular complexity index is 1690. The van der Waals surface area contributed by atoms with Gasteiger partial charge in [0.15, 0.2) is 0 Å². The number of carbonyl (C=O) groups is 1. The third-order valence-electron chi connectivity index (χ3n) is 13.3. The summed E-state index contributed by atoms with van der Waals surface area (Å²) in [4.78, 5) is 25.5. The Morgan fingerprint density at radius 3 is 1.25 bits per heavy atom. The van der Waals surface area contributed by atoms with E-state index in [0.29, 0.717) is 30.3 Å². The molecule has 77 heavy (non-hydrogen) atoms. The van der Waals surface area contributed by atoms with Crippen molar-refractivity contribution in [2.75, 3.05) is 40.9 Å². The standard InChI is InChI=1S/C67H117N2O7P/c1-6-8-10-12-14-16-18-20-21-22-23-24-25-26-27-28-29-30-31-32-33-34-35-36-37-38-39-40-41-42-43-44-45-46-47-48-50-52-54-56-58-60-66(71)68-64(63-76-77(73,74)75-62-61-69(3,4)5)67(72)65(70)59-57-55-53-51-49-19-17-15-13-11-9-7-2/h8,10,14-17,20-21,23-24,26-27,29-30,32-33,35-36,51,53,64-65,67,70,72H,6-7,9,11-13,18-19,22,25,28,31,34,37-50,52,54-63H2,1-5H3,(H-,68,71,73,74)/b10-8-,16-14-,17-15+,21-20-,24-23-,27-26-,30-29-,33-32-,36-35-,53-51+. The first-order valence-corrected chi connectivity index (χ1v) is 32.4. The van der Waals surface area contributed by atoms with Gasteiger partial charge in [0.2, 0.25) is 5.91 Å². The molecule has 9 nitrogen and oxygen atoms in total. The molecule has 0 aliphatic rings. The molecule has 10 heteroatoms. The van der Waals surface area contributed by atoms with Gasteiger partial charge in [0.05, 0.1) is 39.9 Å². The number of carbonyl (C=O) groups excluding carboxylic acids is 1. The molecule has 4 atom stereocenters. The van der Waals surface area contributed by atoms with Crippen LogP contribution in [-0.4, -0.2) is 79.8 Å². The summed E-state index contributed by atoms with van der Waals surface area (Å²) in [5, 5.41) is 24.7. The number of amides is 1. The van der Waals surface area contributed by atoms with Crippen molar-refractivity contribution in [1.82, 2.24) is 5.32 Å². The highest BCUT2D eigenvalue weighted by Gasteiger charge is 2.29. The van der Waals surface area contributed by atoms with E-state index in [2.05, 4.69) is 141 Å². The second-order valence-electron chi connectivity index (χ2n) is 21.8. The van der Waals surface area contributed by atoms with Gasteiger partial charge in [-0.05, 0) is 116 Å². The highest BCUT2D eigenvalue weighted by molar-refractivity contribution is 7.45. The number of likely N-dealkylation sites (N-methyl/N-ethyl adjacent to an activating group) is 1. The molecule has 0 saturated heterocycles. The fourth-order valence-electron chi connectivity index (χ4n) is 8.40. The van der Waals surface area contributed by atoms with Gasteiger partial charge in [-0.3, -0.25) is 9.36 Å². The van der Waals surface area contributed by atoms with Crippen LogP contribution >= 0.6 is 7.82 Å². The van der Waals surface area contributed by atoms with Crippen LogP contribution in [0.1, 0.15) is 239 Å². The number of nitrogens with zero attached hydrogens (tertiary/aromatic N) is 1. The van der Waals surface area contributed by atoms with Crippen LogP contribution in [0.15, 0.2) is 122 Å². The van der Waals surface area contributed by atoms with Crippen molar-refractivity contribution >= 4 is 13.7 Å². The average molecular weight is 1090 g/mol. The van der Waals surface area contributed by atoms with Crippen molar-refractivity contribution in [3.8, 4) is 0 Å². The van der Waals surface area contributed by atoms with Gasteiger partial charge in [-0.2, -0.15) is 0 Å². The molecule has 442 valence electrons. The monoisotopic (exact) mass is 1090 g/mol. The van der Waals surface area contributed by atoms with Gasteiger partial charge in [-0.25, -0.2) is 0 Å². The number of quaternary nitrogens is 1. The molecule has 0 spiro atoms. The number of nitrogens with one attached hydrogen (secondary N) is 1. The summed E-state index contributed by atoms with van der Waals surface area (Å²) in [5.74, 6) is -0.296. The topological polar surface area (TPSA) is 128 Å². The summed E-state index contributed by atoms with van der Waals surface area (Å²) in [5.41, 5.74) is 0. The maximum absolute atomic E-state index is 13.0. The van der Waals surface area contributed by atoms with Crippen LogP contribution < -0.4 is 10.2 Å². The molecule has 1 amide bonds. The highest BCUT2D eigenvalue weighted by Crippen LogP contribution is 2.38. The van der Waals surface area contributed by atoms with Crippen LogP contribution in [0, 0.1) is 0 Å². The van der Waals surface area contributed by atoms with Crippen molar-refractivity contribution in [2.24, 2.45) is 0 Å². The van der Waals surface area contributed by atoms with E-state index >= 15 is 0 Å². The van der Waals surface area contributed by atoms with Crippen molar-refractivity contribution in [3.05, 3.63) is 122 Å². The fourth-order valence-corrected chi connectivity index (χ4v) is 9.13. The van der Waals surface area contributed by atoms with Gasteiger partial charge >= 0.3 is 0 Å². The second-order valence-corrected chi connectivity index (χ2v) is 23.2. The lowest BCUT2D eigenvalue weighted by Crippen LogP contribution is -2.51. The number of rotatable bonds is 55. The summed E-state index contributed by atoms with van der Waals surface area (Å²) >= 11 is 0. The van der Waals surface area contributed by atoms with Crippen LogP contribution in [0.3, 0.4) is 0 Å². The van der Waals surface area contributed by atoms with Crippen molar-refractivity contribution in [1.29, 1.82) is 0 Å². The molecule has 0 aliphatic carbocycles. The van der Waals surface area contributed by atoms with Crippen molar-refractivity contribution in [3.63, 3.8) is 0 Å². The van der Waals surface area contributed by atoms with Crippen LogP contribution in [-0.2, 0) is 18.4 Å². The Morgan fingerprint density at radius 1 is 0.481 bits per heavy atom.